The first-order valence-corrected chi connectivity index (χ1v) is 5.84. The third kappa shape index (κ3) is 3.20. The molecule has 0 fully saturated rings. The minimum absolute atomic E-state index is 0.0132. The zero-order valence-corrected chi connectivity index (χ0v) is 11.1. The Morgan fingerprint density at radius 1 is 1.60 bits per heavy atom. The first kappa shape index (κ1) is 16.3. The number of nitro benzene ring substituents is 1. The average Bonchev–Trinajstić information content (AvgIpc) is 2.37. The van der Waals surface area contributed by atoms with Crippen molar-refractivity contribution in [1.29, 1.82) is 0 Å². The number of nitro groups is 1. The van der Waals surface area contributed by atoms with Crippen molar-refractivity contribution >= 4 is 23.3 Å². The van der Waals surface area contributed by atoms with Gasteiger partial charge in [0.15, 0.2) is 0 Å². The van der Waals surface area contributed by atoms with Crippen molar-refractivity contribution in [3.63, 3.8) is 0 Å². The van der Waals surface area contributed by atoms with Crippen LogP contribution in [-0.2, 0) is 9.53 Å². The summed E-state index contributed by atoms with van der Waals surface area (Å²) in [6.45, 7) is 1.08. The highest BCUT2D eigenvalue weighted by atomic mass is 35.5. The summed E-state index contributed by atoms with van der Waals surface area (Å²) >= 11 is 5.62. The molecule has 0 spiro atoms. The van der Waals surface area contributed by atoms with Crippen LogP contribution in [0.3, 0.4) is 0 Å². The number of hydrogen-bond acceptors (Lipinski definition) is 5. The average molecular weight is 309 g/mol. The number of esters is 1. The number of benzene rings is 1. The van der Waals surface area contributed by atoms with E-state index in [0.717, 1.165) is 12.1 Å². The number of nitrogens with two attached hydrogens (primary N) is 1. The molecule has 1 aromatic carbocycles. The maximum atomic E-state index is 13.8. The van der Waals surface area contributed by atoms with Crippen molar-refractivity contribution < 1.29 is 23.2 Å². The molecule has 0 amide bonds. The van der Waals surface area contributed by atoms with E-state index in [4.69, 9.17) is 17.3 Å². The van der Waals surface area contributed by atoms with Gasteiger partial charge in [0.05, 0.1) is 17.1 Å². The standard InChI is InChI=1S/C11H11ClF2N2O4/c1-2-20-10(17)11(13,14)9(15)7-5-6(12)3-4-8(7)16(18)19/h3-5,9H,2,15H2,1H3/t9-/m0/s1. The Labute approximate surface area is 117 Å². The van der Waals surface area contributed by atoms with Gasteiger partial charge in [-0.3, -0.25) is 10.1 Å². The van der Waals surface area contributed by atoms with Crippen LogP contribution in [0.15, 0.2) is 18.2 Å². The second kappa shape index (κ2) is 6.10. The Morgan fingerprint density at radius 3 is 2.70 bits per heavy atom. The third-order valence-electron chi connectivity index (χ3n) is 2.46. The van der Waals surface area contributed by atoms with Gasteiger partial charge in [-0.05, 0) is 19.1 Å². The smallest absolute Gasteiger partial charge is 0.379 e. The minimum atomic E-state index is -4.11. The topological polar surface area (TPSA) is 95.5 Å². The number of ether oxygens (including phenoxy) is 1. The fraction of sp³-hybridized carbons (Fsp3) is 0.364. The molecule has 1 atom stereocenters. The van der Waals surface area contributed by atoms with Gasteiger partial charge in [-0.25, -0.2) is 4.79 Å². The maximum absolute atomic E-state index is 13.8. The molecule has 0 radical (unpaired) electrons. The Morgan fingerprint density at radius 2 is 2.20 bits per heavy atom. The zero-order valence-electron chi connectivity index (χ0n) is 10.3. The van der Waals surface area contributed by atoms with Gasteiger partial charge in [-0.1, -0.05) is 11.6 Å². The molecule has 0 unspecified atom stereocenters. The molecule has 20 heavy (non-hydrogen) atoms. The van der Waals surface area contributed by atoms with E-state index in [9.17, 15) is 23.7 Å². The van der Waals surface area contributed by atoms with Crippen molar-refractivity contribution in [1.82, 2.24) is 0 Å². The summed E-state index contributed by atoms with van der Waals surface area (Å²) in [5, 5.41) is 10.8. The predicted octanol–water partition coefficient (Wildman–Crippen LogP) is 2.45. The van der Waals surface area contributed by atoms with Crippen LogP contribution in [0.25, 0.3) is 0 Å². The van der Waals surface area contributed by atoms with E-state index in [-0.39, 0.29) is 11.6 Å². The van der Waals surface area contributed by atoms with Crippen LogP contribution in [0.2, 0.25) is 5.02 Å². The summed E-state index contributed by atoms with van der Waals surface area (Å²) in [6.07, 6.45) is 0. The third-order valence-corrected chi connectivity index (χ3v) is 2.69. The van der Waals surface area contributed by atoms with Crippen LogP contribution in [0.1, 0.15) is 18.5 Å². The molecule has 9 heteroatoms. The Hall–Kier alpha value is -1.80. The first-order chi connectivity index (χ1) is 9.21. The van der Waals surface area contributed by atoms with Gasteiger partial charge < -0.3 is 10.5 Å². The summed E-state index contributed by atoms with van der Waals surface area (Å²) in [7, 11) is 0. The van der Waals surface area contributed by atoms with Crippen molar-refractivity contribution in [3.05, 3.63) is 38.9 Å². The second-order valence-corrected chi connectivity index (χ2v) is 4.22. The molecule has 6 nitrogen and oxygen atoms in total. The number of halogens is 3. The highest BCUT2D eigenvalue weighted by Crippen LogP contribution is 2.36. The summed E-state index contributed by atoms with van der Waals surface area (Å²) in [4.78, 5) is 21.1. The van der Waals surface area contributed by atoms with E-state index in [1.54, 1.807) is 0 Å². The molecule has 2 N–H and O–H groups in total. The monoisotopic (exact) mass is 308 g/mol. The van der Waals surface area contributed by atoms with Crippen LogP contribution in [0.4, 0.5) is 14.5 Å². The van der Waals surface area contributed by atoms with E-state index in [1.165, 1.54) is 13.0 Å². The number of nitrogens with zero attached hydrogens (tertiary/aromatic N) is 1. The molecule has 0 aliphatic carbocycles. The van der Waals surface area contributed by atoms with Gasteiger partial charge in [0, 0.05) is 11.1 Å². The first-order valence-electron chi connectivity index (χ1n) is 5.46. The number of carbonyl (C=O) groups excluding carboxylic acids is 1. The number of rotatable bonds is 5. The van der Waals surface area contributed by atoms with E-state index < -0.39 is 34.1 Å². The van der Waals surface area contributed by atoms with E-state index in [2.05, 4.69) is 4.74 Å². The maximum Gasteiger partial charge on any atom is 0.379 e. The summed E-state index contributed by atoms with van der Waals surface area (Å²) < 4.78 is 31.8. The largest absolute Gasteiger partial charge is 0.462 e. The highest BCUT2D eigenvalue weighted by Gasteiger charge is 2.49. The zero-order chi connectivity index (χ0) is 15.5. The predicted molar refractivity (Wildman–Crippen MR) is 66.6 cm³/mol. The molecule has 0 saturated heterocycles. The van der Waals surface area contributed by atoms with Gasteiger partial charge in [0.1, 0.15) is 6.04 Å². The Bertz CT molecular complexity index is 539. The molecule has 0 aromatic heterocycles. The van der Waals surface area contributed by atoms with Crippen molar-refractivity contribution in [3.8, 4) is 0 Å². The fourth-order valence-corrected chi connectivity index (χ4v) is 1.67. The molecule has 0 saturated carbocycles. The van der Waals surface area contributed by atoms with E-state index in [0.29, 0.717) is 0 Å². The van der Waals surface area contributed by atoms with E-state index >= 15 is 0 Å². The summed E-state index contributed by atoms with van der Waals surface area (Å²) in [5.41, 5.74) is 4.11. The Balaban J connectivity index is 3.26. The lowest BCUT2D eigenvalue weighted by atomic mass is 9.99. The minimum Gasteiger partial charge on any atom is -0.462 e. The molecule has 1 aromatic rings. The lowest BCUT2D eigenvalue weighted by Gasteiger charge is -2.21. The van der Waals surface area contributed by atoms with Crippen LogP contribution in [-0.4, -0.2) is 23.4 Å². The summed E-state index contributed by atoms with van der Waals surface area (Å²) in [5.74, 6) is -5.95. The molecular weight excluding hydrogens is 298 g/mol. The molecule has 0 bridgehead atoms. The van der Waals surface area contributed by atoms with Gasteiger partial charge >= 0.3 is 11.9 Å². The van der Waals surface area contributed by atoms with Crippen molar-refractivity contribution in [2.45, 2.75) is 18.9 Å². The van der Waals surface area contributed by atoms with Gasteiger partial charge in [0.2, 0.25) is 0 Å². The van der Waals surface area contributed by atoms with Gasteiger partial charge in [-0.2, -0.15) is 8.78 Å². The van der Waals surface area contributed by atoms with Crippen molar-refractivity contribution in [2.75, 3.05) is 6.61 Å². The highest BCUT2D eigenvalue weighted by molar-refractivity contribution is 6.30. The van der Waals surface area contributed by atoms with Crippen LogP contribution in [0.5, 0.6) is 0 Å². The SMILES string of the molecule is CCOC(=O)C(F)(F)[C@@H](N)c1cc(Cl)ccc1[N+](=O)[O-]. The molecule has 0 aliphatic rings. The number of alkyl halides is 2. The van der Waals surface area contributed by atoms with Crippen molar-refractivity contribution in [2.24, 2.45) is 5.73 Å². The van der Waals surface area contributed by atoms with Crippen LogP contribution >= 0.6 is 11.6 Å². The molecular formula is C11H11ClF2N2O4. The van der Waals surface area contributed by atoms with Crippen LogP contribution < -0.4 is 5.73 Å². The van der Waals surface area contributed by atoms with Gasteiger partial charge in [-0.15, -0.1) is 0 Å². The second-order valence-electron chi connectivity index (χ2n) is 3.78. The fourth-order valence-electron chi connectivity index (χ4n) is 1.49. The lowest BCUT2D eigenvalue weighted by molar-refractivity contribution is -0.386. The molecule has 1 rings (SSSR count). The van der Waals surface area contributed by atoms with E-state index in [1.807, 2.05) is 0 Å². The number of hydrogen-bond donors (Lipinski definition) is 1. The number of carbonyl (C=O) groups is 1. The quantitative estimate of drug-likeness (QED) is 0.512. The molecule has 110 valence electrons. The van der Waals surface area contributed by atoms with Gasteiger partial charge in [0.25, 0.3) is 5.69 Å². The molecule has 0 aliphatic heterocycles. The normalized spacial score (nSPS) is 12.8. The summed E-state index contributed by atoms with van der Waals surface area (Å²) in [6, 6.07) is 0.801. The lowest BCUT2D eigenvalue weighted by Crippen LogP contribution is -2.42. The molecule has 0 heterocycles. The van der Waals surface area contributed by atoms with Crippen LogP contribution in [0, 0.1) is 10.1 Å². The Kier molecular flexibility index (Phi) is 4.96.